The molecule has 4 atom stereocenters. The van der Waals surface area contributed by atoms with Gasteiger partial charge in [-0.3, -0.25) is 9.59 Å². The molecule has 1 amide bonds. The highest BCUT2D eigenvalue weighted by atomic mass is 28.4. The van der Waals surface area contributed by atoms with Crippen molar-refractivity contribution in [3.63, 3.8) is 0 Å². The largest absolute Gasteiger partial charge is 0.497 e. The molecule has 1 heterocycles. The second kappa shape index (κ2) is 15.1. The Morgan fingerprint density at radius 2 is 1.32 bits per heavy atom. The number of methoxy groups -OCH3 is 2. The van der Waals surface area contributed by atoms with Gasteiger partial charge >= 0.3 is 5.97 Å². The van der Waals surface area contributed by atoms with E-state index >= 15 is 0 Å². The molecule has 0 aliphatic carbocycles. The fraction of sp³-hybridized carbons (Fsp3) is 0.444. The molecule has 3 aromatic carbocycles. The number of hydrogen-bond acceptors (Lipinski definition) is 8. The molecule has 250 valence electrons. The molecule has 47 heavy (non-hydrogen) atoms. The molecule has 11 heteroatoms. The van der Waals surface area contributed by atoms with Crippen molar-refractivity contribution in [3.05, 3.63) is 95.6 Å². The van der Waals surface area contributed by atoms with Crippen LogP contribution in [0.15, 0.2) is 78.9 Å². The van der Waals surface area contributed by atoms with E-state index in [-0.39, 0.29) is 24.5 Å². The van der Waals surface area contributed by atoms with E-state index in [4.69, 9.17) is 41.7 Å². The minimum atomic E-state index is -2.42. The van der Waals surface area contributed by atoms with E-state index in [0.717, 1.165) is 16.7 Å². The standard InChI is InChI=1S/C36H46BNO8Si/c1-35(2,3)47(6,7)46-33-32(29(44-34(33)37)23-43-31(40)22-21-30(38)39)45-36(24-11-9-8-10-12-24,25-13-17-27(41-4)18-14-25)26-15-19-28(42-5)20-16-26/h8-20,29,32-34H,21-23H2,1-7H3,(H2,38,39)/t29-,32+,33+,34-/m1/s1. The molecule has 1 aliphatic rings. The molecular formula is C36H46BNO8Si. The second-order valence-electron chi connectivity index (χ2n) is 13.2. The van der Waals surface area contributed by atoms with Gasteiger partial charge in [0.25, 0.3) is 0 Å². The maximum atomic E-state index is 12.6. The molecule has 0 spiro atoms. The summed E-state index contributed by atoms with van der Waals surface area (Å²) >= 11 is 0. The van der Waals surface area contributed by atoms with Crippen LogP contribution in [-0.4, -0.2) is 73.2 Å². The Labute approximate surface area is 280 Å². The third kappa shape index (κ3) is 8.27. The number of amides is 1. The number of benzene rings is 3. The van der Waals surface area contributed by atoms with Gasteiger partial charge < -0.3 is 33.8 Å². The lowest BCUT2D eigenvalue weighted by atomic mass is 9.79. The molecule has 1 aliphatic heterocycles. The number of nitrogens with two attached hydrogens (primary N) is 1. The van der Waals surface area contributed by atoms with E-state index in [1.54, 1.807) is 14.2 Å². The zero-order valence-electron chi connectivity index (χ0n) is 28.4. The van der Waals surface area contributed by atoms with Gasteiger partial charge in [0, 0.05) is 12.4 Å². The first-order chi connectivity index (χ1) is 22.2. The van der Waals surface area contributed by atoms with Gasteiger partial charge in [0.1, 0.15) is 43.8 Å². The molecule has 1 fully saturated rings. The highest BCUT2D eigenvalue weighted by Crippen LogP contribution is 2.46. The number of primary amides is 1. The summed E-state index contributed by atoms with van der Waals surface area (Å²) in [5.74, 6) is 0.220. The molecular weight excluding hydrogens is 613 g/mol. The van der Waals surface area contributed by atoms with Crippen LogP contribution in [-0.2, 0) is 33.8 Å². The highest BCUT2D eigenvalue weighted by molar-refractivity contribution is 6.74. The Kier molecular flexibility index (Phi) is 11.6. The lowest BCUT2D eigenvalue weighted by molar-refractivity contribution is -0.154. The van der Waals surface area contributed by atoms with Crippen molar-refractivity contribution in [3.8, 4) is 11.5 Å². The van der Waals surface area contributed by atoms with Crippen LogP contribution in [0.25, 0.3) is 0 Å². The maximum Gasteiger partial charge on any atom is 0.306 e. The van der Waals surface area contributed by atoms with Crippen molar-refractivity contribution in [1.29, 1.82) is 0 Å². The third-order valence-corrected chi connectivity index (χ3v) is 13.5. The monoisotopic (exact) mass is 659 g/mol. The van der Waals surface area contributed by atoms with Gasteiger partial charge in [0.05, 0.1) is 26.7 Å². The molecule has 0 saturated carbocycles. The molecule has 0 unspecified atom stereocenters. The van der Waals surface area contributed by atoms with Gasteiger partial charge in [0.2, 0.25) is 5.91 Å². The van der Waals surface area contributed by atoms with Crippen LogP contribution < -0.4 is 15.2 Å². The van der Waals surface area contributed by atoms with E-state index in [0.29, 0.717) is 11.5 Å². The first kappa shape index (κ1) is 36.2. The predicted octanol–water partition coefficient (Wildman–Crippen LogP) is 5.47. The molecule has 0 aromatic heterocycles. The van der Waals surface area contributed by atoms with Crippen molar-refractivity contribution in [2.45, 2.75) is 81.7 Å². The number of esters is 1. The van der Waals surface area contributed by atoms with Gasteiger partial charge in [-0.2, -0.15) is 0 Å². The fourth-order valence-corrected chi connectivity index (χ4v) is 6.69. The molecule has 0 bridgehead atoms. The number of carbonyl (C=O) groups is 2. The molecule has 4 rings (SSSR count). The number of rotatable bonds is 14. The van der Waals surface area contributed by atoms with Gasteiger partial charge in [-0.25, -0.2) is 0 Å². The average molecular weight is 660 g/mol. The Hall–Kier alpha value is -3.64. The second-order valence-corrected chi connectivity index (χ2v) is 18.0. The van der Waals surface area contributed by atoms with Crippen molar-refractivity contribution < 1.29 is 37.7 Å². The van der Waals surface area contributed by atoms with Crippen LogP contribution in [0, 0.1) is 0 Å². The third-order valence-electron chi connectivity index (χ3n) is 9.05. The molecule has 1 saturated heterocycles. The zero-order valence-corrected chi connectivity index (χ0v) is 29.4. The lowest BCUT2D eigenvalue weighted by Crippen LogP contribution is -2.52. The van der Waals surface area contributed by atoms with E-state index < -0.39 is 50.1 Å². The Bertz CT molecular complexity index is 1430. The van der Waals surface area contributed by atoms with Gasteiger partial charge in [-0.15, -0.1) is 0 Å². The normalized spacial score (nSPS) is 20.1. The molecule has 3 aromatic rings. The smallest absolute Gasteiger partial charge is 0.306 e. The molecule has 2 radical (unpaired) electrons. The molecule has 2 N–H and O–H groups in total. The summed E-state index contributed by atoms with van der Waals surface area (Å²) in [6.45, 7) is 10.6. The minimum absolute atomic E-state index is 0.118. The van der Waals surface area contributed by atoms with Crippen molar-refractivity contribution in [2.24, 2.45) is 5.73 Å². The summed E-state index contributed by atoms with van der Waals surface area (Å²) in [4.78, 5) is 23.9. The summed E-state index contributed by atoms with van der Waals surface area (Å²) in [7, 11) is 7.50. The highest BCUT2D eigenvalue weighted by Gasteiger charge is 2.53. The first-order valence-corrected chi connectivity index (χ1v) is 18.7. The minimum Gasteiger partial charge on any atom is -0.497 e. The first-order valence-electron chi connectivity index (χ1n) is 15.8. The summed E-state index contributed by atoms with van der Waals surface area (Å²) in [5, 5.41) is -0.140. The van der Waals surface area contributed by atoms with E-state index in [1.807, 2.05) is 78.9 Å². The quantitative estimate of drug-likeness (QED) is 0.138. The van der Waals surface area contributed by atoms with Gasteiger partial charge in [-0.05, 0) is 59.1 Å². The summed E-state index contributed by atoms with van der Waals surface area (Å²) in [5.41, 5.74) is 6.52. The zero-order chi connectivity index (χ0) is 34.4. The Morgan fingerprint density at radius 1 is 0.809 bits per heavy atom. The van der Waals surface area contributed by atoms with Crippen LogP contribution in [0.3, 0.4) is 0 Å². The predicted molar refractivity (Wildman–Crippen MR) is 183 cm³/mol. The van der Waals surface area contributed by atoms with Crippen LogP contribution in [0.5, 0.6) is 11.5 Å². The van der Waals surface area contributed by atoms with Crippen molar-refractivity contribution in [2.75, 3.05) is 20.8 Å². The van der Waals surface area contributed by atoms with Crippen LogP contribution in [0.1, 0.15) is 50.3 Å². The molecule has 9 nitrogen and oxygen atoms in total. The summed E-state index contributed by atoms with van der Waals surface area (Å²) in [6, 6.07) is 24.4. The number of ether oxygens (including phenoxy) is 5. The van der Waals surface area contributed by atoms with Crippen LogP contribution in [0.2, 0.25) is 18.1 Å². The Balaban J connectivity index is 1.89. The van der Waals surface area contributed by atoms with Gasteiger partial charge in [0.15, 0.2) is 8.32 Å². The maximum absolute atomic E-state index is 12.6. The van der Waals surface area contributed by atoms with Crippen LogP contribution in [0.4, 0.5) is 0 Å². The Morgan fingerprint density at radius 3 is 1.79 bits per heavy atom. The van der Waals surface area contributed by atoms with Crippen molar-refractivity contribution >= 4 is 28.0 Å². The van der Waals surface area contributed by atoms with Gasteiger partial charge in [-0.1, -0.05) is 75.4 Å². The van der Waals surface area contributed by atoms with E-state index in [9.17, 15) is 9.59 Å². The number of carbonyl (C=O) groups excluding carboxylic acids is 2. The lowest BCUT2D eigenvalue weighted by Gasteiger charge is -2.44. The van der Waals surface area contributed by atoms with E-state index in [1.165, 1.54) is 0 Å². The fourth-order valence-electron chi connectivity index (χ4n) is 5.39. The van der Waals surface area contributed by atoms with E-state index in [2.05, 4.69) is 33.9 Å². The topological polar surface area (TPSA) is 116 Å². The van der Waals surface area contributed by atoms with Crippen LogP contribution >= 0.6 is 0 Å². The van der Waals surface area contributed by atoms with Crippen molar-refractivity contribution in [1.82, 2.24) is 0 Å². The summed E-state index contributed by atoms with van der Waals surface area (Å²) < 4.78 is 37.3. The summed E-state index contributed by atoms with van der Waals surface area (Å²) in [6.07, 6.45) is -2.56. The average Bonchev–Trinajstić information content (AvgIpc) is 3.33. The SMILES string of the molecule is [B][C@@H]1O[C@H](COC(=O)CCC(N)=O)[C@H](OC(c2ccccc2)(c2ccc(OC)cc2)c2ccc(OC)cc2)[C@@H]1O[Si](C)(C)C(C)(C)C. The number of hydrogen-bond donors (Lipinski definition) is 1.